The topological polar surface area (TPSA) is 74.0 Å². The molecule has 0 aliphatic rings. The number of hydrogen-bond donors (Lipinski definition) is 1. The SMILES string of the molecule is COCCN(CCOC)c1cc(C(=O)OC)ccc1N. The lowest BCUT2D eigenvalue weighted by Crippen LogP contribution is -2.31. The number of nitrogen functional groups attached to an aromatic ring is 1. The minimum atomic E-state index is -0.385. The van der Waals surface area contributed by atoms with Crippen LogP contribution in [0.5, 0.6) is 0 Å². The van der Waals surface area contributed by atoms with E-state index in [4.69, 9.17) is 19.9 Å². The van der Waals surface area contributed by atoms with E-state index in [1.165, 1.54) is 7.11 Å². The van der Waals surface area contributed by atoms with E-state index in [0.717, 1.165) is 5.69 Å². The molecule has 0 bridgehead atoms. The summed E-state index contributed by atoms with van der Waals surface area (Å²) in [6, 6.07) is 5.08. The molecule has 1 aromatic carbocycles. The maximum absolute atomic E-state index is 11.6. The van der Waals surface area contributed by atoms with E-state index in [2.05, 4.69) is 0 Å². The Labute approximate surface area is 119 Å². The third-order valence-electron chi connectivity index (χ3n) is 2.92. The highest BCUT2D eigenvalue weighted by Gasteiger charge is 2.13. The molecule has 0 fully saturated rings. The van der Waals surface area contributed by atoms with Gasteiger partial charge in [-0.3, -0.25) is 0 Å². The zero-order valence-electron chi connectivity index (χ0n) is 12.2. The van der Waals surface area contributed by atoms with Gasteiger partial charge in [0, 0.05) is 27.3 Å². The van der Waals surface area contributed by atoms with Crippen LogP contribution < -0.4 is 10.6 Å². The summed E-state index contributed by atoms with van der Waals surface area (Å²) in [5, 5.41) is 0. The van der Waals surface area contributed by atoms with Crippen molar-refractivity contribution in [2.75, 3.05) is 58.3 Å². The lowest BCUT2D eigenvalue weighted by Gasteiger charge is -2.26. The number of ether oxygens (including phenoxy) is 3. The Bertz CT molecular complexity index is 429. The average Bonchev–Trinajstić information content (AvgIpc) is 2.47. The molecular weight excluding hydrogens is 260 g/mol. The zero-order valence-corrected chi connectivity index (χ0v) is 12.2. The number of esters is 1. The molecule has 0 heterocycles. The first-order chi connectivity index (χ1) is 9.63. The van der Waals surface area contributed by atoms with Crippen molar-refractivity contribution in [3.8, 4) is 0 Å². The summed E-state index contributed by atoms with van der Waals surface area (Å²) in [6.07, 6.45) is 0. The highest BCUT2D eigenvalue weighted by molar-refractivity contribution is 5.92. The second-order valence-electron chi connectivity index (χ2n) is 4.24. The number of anilines is 2. The third-order valence-corrected chi connectivity index (χ3v) is 2.92. The summed E-state index contributed by atoms with van der Waals surface area (Å²) in [4.78, 5) is 13.6. The molecule has 0 radical (unpaired) electrons. The minimum Gasteiger partial charge on any atom is -0.465 e. The maximum atomic E-state index is 11.6. The molecule has 20 heavy (non-hydrogen) atoms. The lowest BCUT2D eigenvalue weighted by molar-refractivity contribution is 0.0601. The van der Waals surface area contributed by atoms with Crippen molar-refractivity contribution in [3.05, 3.63) is 23.8 Å². The predicted octanol–water partition coefficient (Wildman–Crippen LogP) is 1.15. The van der Waals surface area contributed by atoms with Crippen LogP contribution in [0.4, 0.5) is 11.4 Å². The van der Waals surface area contributed by atoms with Crippen molar-refractivity contribution in [2.24, 2.45) is 0 Å². The average molecular weight is 282 g/mol. The van der Waals surface area contributed by atoms with E-state index in [1.807, 2.05) is 4.90 Å². The molecule has 0 aliphatic heterocycles. The van der Waals surface area contributed by atoms with Crippen LogP contribution in [0.1, 0.15) is 10.4 Å². The summed E-state index contributed by atoms with van der Waals surface area (Å²) in [5.41, 5.74) is 7.85. The van der Waals surface area contributed by atoms with Crippen LogP contribution in [0.15, 0.2) is 18.2 Å². The van der Waals surface area contributed by atoms with Gasteiger partial charge in [0.15, 0.2) is 0 Å². The van der Waals surface area contributed by atoms with E-state index in [-0.39, 0.29) is 5.97 Å². The molecule has 6 heteroatoms. The van der Waals surface area contributed by atoms with Gasteiger partial charge in [-0.2, -0.15) is 0 Å². The molecule has 0 atom stereocenters. The van der Waals surface area contributed by atoms with Gasteiger partial charge >= 0.3 is 5.97 Å². The van der Waals surface area contributed by atoms with Crippen LogP contribution in [-0.4, -0.2) is 53.6 Å². The summed E-state index contributed by atoms with van der Waals surface area (Å²) in [7, 11) is 4.64. The Hall–Kier alpha value is -1.79. The molecule has 1 rings (SSSR count). The molecule has 0 amide bonds. The second kappa shape index (κ2) is 8.39. The molecule has 0 aliphatic carbocycles. The van der Waals surface area contributed by atoms with Gasteiger partial charge in [-0.15, -0.1) is 0 Å². The molecule has 1 aromatic rings. The van der Waals surface area contributed by atoms with Gasteiger partial charge in [-0.1, -0.05) is 0 Å². The lowest BCUT2D eigenvalue weighted by atomic mass is 10.1. The number of nitrogens with two attached hydrogens (primary N) is 1. The number of hydrogen-bond acceptors (Lipinski definition) is 6. The van der Waals surface area contributed by atoms with E-state index in [0.29, 0.717) is 37.6 Å². The van der Waals surface area contributed by atoms with Gasteiger partial charge in [-0.05, 0) is 18.2 Å². The van der Waals surface area contributed by atoms with Crippen molar-refractivity contribution in [1.82, 2.24) is 0 Å². The first-order valence-electron chi connectivity index (χ1n) is 6.34. The summed E-state index contributed by atoms with van der Waals surface area (Å²) >= 11 is 0. The Balaban J connectivity index is 3.00. The van der Waals surface area contributed by atoms with Crippen LogP contribution in [-0.2, 0) is 14.2 Å². The van der Waals surface area contributed by atoms with E-state index in [1.54, 1.807) is 32.4 Å². The number of nitrogens with zero attached hydrogens (tertiary/aromatic N) is 1. The normalized spacial score (nSPS) is 10.3. The Morgan fingerprint density at radius 3 is 2.25 bits per heavy atom. The molecule has 0 unspecified atom stereocenters. The quantitative estimate of drug-likeness (QED) is 0.569. The largest absolute Gasteiger partial charge is 0.465 e. The molecule has 2 N–H and O–H groups in total. The van der Waals surface area contributed by atoms with E-state index >= 15 is 0 Å². The fraction of sp³-hybridized carbons (Fsp3) is 0.500. The molecular formula is C14H22N2O4. The van der Waals surface area contributed by atoms with E-state index in [9.17, 15) is 4.79 Å². The first kappa shape index (κ1) is 16.3. The van der Waals surface area contributed by atoms with Crippen LogP contribution in [0.2, 0.25) is 0 Å². The van der Waals surface area contributed by atoms with Crippen LogP contribution in [0.3, 0.4) is 0 Å². The minimum absolute atomic E-state index is 0.385. The fourth-order valence-electron chi connectivity index (χ4n) is 1.82. The summed E-state index contributed by atoms with van der Waals surface area (Å²) in [6.45, 7) is 2.45. The number of rotatable bonds is 8. The maximum Gasteiger partial charge on any atom is 0.337 e. The molecule has 6 nitrogen and oxygen atoms in total. The van der Waals surface area contributed by atoms with E-state index < -0.39 is 0 Å². The zero-order chi connectivity index (χ0) is 15.0. The van der Waals surface area contributed by atoms with Crippen molar-refractivity contribution in [1.29, 1.82) is 0 Å². The van der Waals surface area contributed by atoms with Crippen LogP contribution in [0.25, 0.3) is 0 Å². The monoisotopic (exact) mass is 282 g/mol. The number of carbonyl (C=O) groups excluding carboxylic acids is 1. The summed E-state index contributed by atoms with van der Waals surface area (Å²) in [5.74, 6) is -0.385. The van der Waals surface area contributed by atoms with Crippen molar-refractivity contribution in [3.63, 3.8) is 0 Å². The van der Waals surface area contributed by atoms with Gasteiger partial charge in [0.25, 0.3) is 0 Å². The van der Waals surface area contributed by atoms with Gasteiger partial charge < -0.3 is 24.8 Å². The van der Waals surface area contributed by atoms with Crippen LogP contribution in [0, 0.1) is 0 Å². The second-order valence-corrected chi connectivity index (χ2v) is 4.24. The standard InChI is InChI=1S/C14H22N2O4/c1-18-8-6-16(7-9-19-2)13-10-11(14(17)20-3)4-5-12(13)15/h4-5,10H,6-9,15H2,1-3H3. The highest BCUT2D eigenvalue weighted by Crippen LogP contribution is 2.25. The highest BCUT2D eigenvalue weighted by atomic mass is 16.5. The van der Waals surface area contributed by atoms with Gasteiger partial charge in [0.05, 0.1) is 37.3 Å². The molecule has 0 aromatic heterocycles. The fourth-order valence-corrected chi connectivity index (χ4v) is 1.82. The predicted molar refractivity (Wildman–Crippen MR) is 78.2 cm³/mol. The Kier molecular flexibility index (Phi) is 6.83. The van der Waals surface area contributed by atoms with Crippen molar-refractivity contribution < 1.29 is 19.0 Å². The third kappa shape index (κ3) is 4.40. The van der Waals surface area contributed by atoms with Crippen LogP contribution >= 0.6 is 0 Å². The molecule has 0 spiro atoms. The Morgan fingerprint density at radius 1 is 1.15 bits per heavy atom. The first-order valence-corrected chi connectivity index (χ1v) is 6.34. The number of methoxy groups -OCH3 is 3. The smallest absolute Gasteiger partial charge is 0.337 e. The van der Waals surface area contributed by atoms with Crippen molar-refractivity contribution in [2.45, 2.75) is 0 Å². The molecule has 0 saturated heterocycles. The summed E-state index contributed by atoms with van der Waals surface area (Å²) < 4.78 is 14.9. The Morgan fingerprint density at radius 2 is 1.75 bits per heavy atom. The van der Waals surface area contributed by atoms with Gasteiger partial charge in [0.1, 0.15) is 0 Å². The molecule has 0 saturated carbocycles. The number of carbonyl (C=O) groups is 1. The van der Waals surface area contributed by atoms with Crippen molar-refractivity contribution >= 4 is 17.3 Å². The number of benzene rings is 1. The molecule has 112 valence electrons. The van der Waals surface area contributed by atoms with Gasteiger partial charge in [-0.25, -0.2) is 4.79 Å². The van der Waals surface area contributed by atoms with Gasteiger partial charge in [0.2, 0.25) is 0 Å².